The Morgan fingerprint density at radius 2 is 1.64 bits per heavy atom. The quantitative estimate of drug-likeness (QED) is 0.189. The number of H-pyrrole nitrogens is 1. The number of aromatic amines is 1. The number of nitrogens with two attached hydrogens (primary N) is 1. The van der Waals surface area contributed by atoms with E-state index < -0.39 is 0 Å². The predicted molar refractivity (Wildman–Crippen MR) is 182 cm³/mol. The number of nitrogens with zero attached hydrogens (tertiary/aromatic N) is 5. The Hall–Kier alpha value is -3.33. The molecule has 3 fully saturated rings. The number of likely N-dealkylation sites (tertiary alicyclic amines) is 2. The van der Waals surface area contributed by atoms with Crippen LogP contribution < -0.4 is 16.0 Å². The van der Waals surface area contributed by atoms with Crippen molar-refractivity contribution in [3.63, 3.8) is 0 Å². The van der Waals surface area contributed by atoms with Gasteiger partial charge in [0.15, 0.2) is 0 Å². The summed E-state index contributed by atoms with van der Waals surface area (Å²) < 4.78 is 0. The van der Waals surface area contributed by atoms with Crippen molar-refractivity contribution >= 4 is 39.8 Å². The summed E-state index contributed by atoms with van der Waals surface area (Å²) in [6, 6.07) is 17.0. The zero-order valence-corrected chi connectivity index (χ0v) is 26.4. The molecule has 9 heteroatoms. The number of aromatic nitrogens is 3. The van der Waals surface area contributed by atoms with E-state index in [4.69, 9.17) is 22.3 Å². The van der Waals surface area contributed by atoms with Crippen LogP contribution in [0.15, 0.2) is 60.9 Å². The SMILES string of the molecule is Nc1ccc(N2CCC(CN3CCC(CCN4CCC(Nc5ncc(Cl)c(-c6c[nH]c7ccccc67)n5)C4)CC3)CC2)cc1. The lowest BCUT2D eigenvalue weighted by molar-refractivity contribution is 0.141. The maximum absolute atomic E-state index is 6.55. The molecule has 3 aliphatic rings. The van der Waals surface area contributed by atoms with Gasteiger partial charge < -0.3 is 30.7 Å². The standard InChI is InChI=1S/C35H45ClN8/c36-32-22-39-35(41-34(32)31-21-38-33-4-2-1-3-30(31)33)40-28-14-18-43(24-28)17-11-25-9-15-42(16-10-25)23-26-12-19-44(20-13-26)29-7-5-27(37)6-8-29/h1-8,21-22,25-26,28,38H,9-20,23-24,37H2,(H,39,40,41). The smallest absolute Gasteiger partial charge is 0.223 e. The number of nitrogens with one attached hydrogen (secondary N) is 2. The lowest BCUT2D eigenvalue weighted by Crippen LogP contribution is -2.42. The van der Waals surface area contributed by atoms with Crippen molar-refractivity contribution in [1.82, 2.24) is 24.8 Å². The molecular weight excluding hydrogens is 568 g/mol. The number of hydrogen-bond acceptors (Lipinski definition) is 7. The molecule has 1 unspecified atom stereocenters. The highest BCUT2D eigenvalue weighted by molar-refractivity contribution is 6.33. The number of benzene rings is 2. The summed E-state index contributed by atoms with van der Waals surface area (Å²) in [4.78, 5) is 20.6. The van der Waals surface area contributed by atoms with Gasteiger partial charge in [-0.25, -0.2) is 9.97 Å². The third-order valence-corrected chi connectivity index (χ3v) is 10.4. The minimum absolute atomic E-state index is 0.361. The first kappa shape index (κ1) is 29.4. The van der Waals surface area contributed by atoms with E-state index in [1.54, 1.807) is 6.20 Å². The van der Waals surface area contributed by atoms with E-state index in [0.717, 1.165) is 72.3 Å². The Morgan fingerprint density at radius 1 is 0.886 bits per heavy atom. The lowest BCUT2D eigenvalue weighted by atomic mass is 9.91. The second-order valence-electron chi connectivity index (χ2n) is 13.1. The Balaban J connectivity index is 0.825. The van der Waals surface area contributed by atoms with Crippen molar-refractivity contribution in [1.29, 1.82) is 0 Å². The summed E-state index contributed by atoms with van der Waals surface area (Å²) in [6.07, 6.45) is 11.4. The van der Waals surface area contributed by atoms with E-state index in [9.17, 15) is 0 Å². The number of piperidine rings is 2. The number of hydrogen-bond donors (Lipinski definition) is 3. The minimum atomic E-state index is 0.361. The van der Waals surface area contributed by atoms with Gasteiger partial charge in [0.25, 0.3) is 0 Å². The van der Waals surface area contributed by atoms with E-state index in [0.29, 0.717) is 17.0 Å². The molecule has 5 heterocycles. The van der Waals surface area contributed by atoms with Crippen molar-refractivity contribution in [2.75, 3.05) is 68.3 Å². The normalized spacial score (nSPS) is 20.9. The predicted octanol–water partition coefficient (Wildman–Crippen LogP) is 6.37. The van der Waals surface area contributed by atoms with Crippen molar-refractivity contribution < 1.29 is 0 Å². The van der Waals surface area contributed by atoms with Gasteiger partial charge >= 0.3 is 0 Å². The third-order valence-electron chi connectivity index (χ3n) is 10.1. The molecule has 7 rings (SSSR count). The number of halogens is 1. The fraction of sp³-hybridized carbons (Fsp3) is 0.486. The number of nitrogen functional groups attached to an aromatic ring is 1. The topological polar surface area (TPSA) is 89.3 Å². The number of para-hydroxylation sites is 1. The van der Waals surface area contributed by atoms with Crippen LogP contribution in [0.4, 0.5) is 17.3 Å². The van der Waals surface area contributed by atoms with Crippen LogP contribution in [0.5, 0.6) is 0 Å². The van der Waals surface area contributed by atoms with Crippen molar-refractivity contribution in [2.45, 2.75) is 44.6 Å². The lowest BCUT2D eigenvalue weighted by Gasteiger charge is -2.38. The fourth-order valence-electron chi connectivity index (χ4n) is 7.48. The summed E-state index contributed by atoms with van der Waals surface area (Å²) >= 11 is 6.55. The van der Waals surface area contributed by atoms with Gasteiger partial charge in [-0.3, -0.25) is 0 Å². The van der Waals surface area contributed by atoms with E-state index in [-0.39, 0.29) is 0 Å². The molecule has 0 aliphatic carbocycles. The van der Waals surface area contributed by atoms with Crippen LogP contribution in [-0.2, 0) is 0 Å². The first-order valence-electron chi connectivity index (χ1n) is 16.5. The highest BCUT2D eigenvalue weighted by Crippen LogP contribution is 2.33. The second-order valence-corrected chi connectivity index (χ2v) is 13.5. The third kappa shape index (κ3) is 6.82. The molecule has 8 nitrogen and oxygen atoms in total. The first-order valence-corrected chi connectivity index (χ1v) is 16.9. The van der Waals surface area contributed by atoms with Gasteiger partial charge in [0.05, 0.1) is 16.9 Å². The van der Waals surface area contributed by atoms with E-state index in [2.05, 4.69) is 54.2 Å². The van der Waals surface area contributed by atoms with Crippen LogP contribution in [-0.4, -0.2) is 83.2 Å². The Bertz CT molecular complexity index is 1520. The molecule has 0 bridgehead atoms. The number of anilines is 3. The zero-order valence-electron chi connectivity index (χ0n) is 25.6. The minimum Gasteiger partial charge on any atom is -0.399 e. The summed E-state index contributed by atoms with van der Waals surface area (Å²) in [7, 11) is 0. The molecule has 1 atom stereocenters. The van der Waals surface area contributed by atoms with Crippen molar-refractivity contribution in [2.24, 2.45) is 11.8 Å². The van der Waals surface area contributed by atoms with Gasteiger partial charge in [-0.2, -0.15) is 0 Å². The van der Waals surface area contributed by atoms with Crippen molar-refractivity contribution in [3.8, 4) is 11.3 Å². The molecule has 2 aromatic carbocycles. The molecule has 4 aromatic rings. The summed E-state index contributed by atoms with van der Waals surface area (Å²) in [5.41, 5.74) is 10.9. The van der Waals surface area contributed by atoms with E-state index in [1.807, 2.05) is 30.5 Å². The fourth-order valence-corrected chi connectivity index (χ4v) is 7.67. The van der Waals surface area contributed by atoms with Gasteiger partial charge in [-0.15, -0.1) is 0 Å². The maximum Gasteiger partial charge on any atom is 0.223 e. The molecule has 3 aliphatic heterocycles. The Labute approximate surface area is 266 Å². The number of rotatable bonds is 9. The zero-order chi connectivity index (χ0) is 29.9. The highest BCUT2D eigenvalue weighted by Gasteiger charge is 2.27. The Morgan fingerprint density at radius 3 is 2.45 bits per heavy atom. The molecule has 0 spiro atoms. The summed E-state index contributed by atoms with van der Waals surface area (Å²) in [5.74, 6) is 2.34. The molecule has 3 saturated heterocycles. The monoisotopic (exact) mass is 612 g/mol. The van der Waals surface area contributed by atoms with E-state index >= 15 is 0 Å². The summed E-state index contributed by atoms with van der Waals surface area (Å²) in [6.45, 7) is 9.49. The van der Waals surface area contributed by atoms with E-state index in [1.165, 1.54) is 64.0 Å². The highest BCUT2D eigenvalue weighted by atomic mass is 35.5. The van der Waals surface area contributed by atoms with Gasteiger partial charge in [0, 0.05) is 72.8 Å². The maximum atomic E-state index is 6.55. The van der Waals surface area contributed by atoms with Crippen LogP contribution >= 0.6 is 11.6 Å². The van der Waals surface area contributed by atoms with Gasteiger partial charge in [0.1, 0.15) is 0 Å². The van der Waals surface area contributed by atoms with Gasteiger partial charge in [0.2, 0.25) is 5.95 Å². The van der Waals surface area contributed by atoms with Crippen LogP contribution in [0.1, 0.15) is 38.5 Å². The molecule has 232 valence electrons. The van der Waals surface area contributed by atoms with Crippen LogP contribution in [0.2, 0.25) is 5.02 Å². The van der Waals surface area contributed by atoms with Crippen molar-refractivity contribution in [3.05, 3.63) is 65.9 Å². The molecule has 4 N–H and O–H groups in total. The van der Waals surface area contributed by atoms with Crippen LogP contribution in [0.3, 0.4) is 0 Å². The molecular formula is C35H45ClN8. The van der Waals surface area contributed by atoms with Gasteiger partial charge in [-0.1, -0.05) is 29.8 Å². The average molecular weight is 613 g/mol. The molecule has 2 aromatic heterocycles. The second kappa shape index (κ2) is 13.3. The van der Waals surface area contributed by atoms with Crippen LogP contribution in [0.25, 0.3) is 22.2 Å². The average Bonchev–Trinajstić information content (AvgIpc) is 3.69. The molecule has 0 amide bonds. The van der Waals surface area contributed by atoms with Crippen LogP contribution in [0, 0.1) is 11.8 Å². The summed E-state index contributed by atoms with van der Waals surface area (Å²) in [5, 5.41) is 5.28. The number of fused-ring (bicyclic) bond motifs is 1. The first-order chi connectivity index (χ1) is 21.6. The largest absolute Gasteiger partial charge is 0.399 e. The molecule has 0 saturated carbocycles. The molecule has 0 radical (unpaired) electrons. The Kier molecular flexibility index (Phi) is 8.91. The molecule has 44 heavy (non-hydrogen) atoms. The van der Waals surface area contributed by atoms with Gasteiger partial charge in [-0.05, 0) is 100 Å².